The zero-order valence-corrected chi connectivity index (χ0v) is 12.2. The fourth-order valence-electron chi connectivity index (χ4n) is 1.84. The Labute approximate surface area is 117 Å². The van der Waals surface area contributed by atoms with Crippen molar-refractivity contribution in [3.8, 4) is 11.3 Å². The van der Waals surface area contributed by atoms with Crippen LogP contribution in [0.1, 0.15) is 36.7 Å². The lowest BCUT2D eigenvalue weighted by atomic mass is 10.0. The first-order valence-corrected chi connectivity index (χ1v) is 6.58. The summed E-state index contributed by atoms with van der Waals surface area (Å²) in [4.78, 5) is 8.83. The number of hydrogen-bond donors (Lipinski definition) is 0. The largest absolute Gasteiger partial charge is 0.232 e. The van der Waals surface area contributed by atoms with E-state index in [1.807, 2.05) is 20.8 Å². The van der Waals surface area contributed by atoms with Gasteiger partial charge in [-0.3, -0.25) is 0 Å². The van der Waals surface area contributed by atoms with Crippen molar-refractivity contribution in [2.24, 2.45) is 0 Å². The van der Waals surface area contributed by atoms with Crippen molar-refractivity contribution >= 4 is 11.6 Å². The third kappa shape index (κ3) is 2.76. The van der Waals surface area contributed by atoms with Gasteiger partial charge in [-0.1, -0.05) is 25.4 Å². The number of halogens is 2. The maximum absolute atomic E-state index is 13.3. The fraction of sp³-hybridized carbons (Fsp3) is 0.333. The van der Waals surface area contributed by atoms with Crippen LogP contribution in [0.3, 0.4) is 0 Å². The summed E-state index contributed by atoms with van der Waals surface area (Å²) < 4.78 is 13.3. The molecule has 0 atom stereocenters. The number of rotatable bonds is 2. The van der Waals surface area contributed by atoms with Crippen LogP contribution >= 0.6 is 11.6 Å². The molecule has 0 saturated carbocycles. The Morgan fingerprint density at radius 3 is 2.42 bits per heavy atom. The van der Waals surface area contributed by atoms with Crippen LogP contribution in [0.4, 0.5) is 4.39 Å². The lowest BCUT2D eigenvalue weighted by Gasteiger charge is -2.12. The van der Waals surface area contributed by atoms with E-state index in [1.165, 1.54) is 6.07 Å². The van der Waals surface area contributed by atoms with Crippen LogP contribution in [0.25, 0.3) is 11.3 Å². The van der Waals surface area contributed by atoms with E-state index in [0.717, 1.165) is 16.8 Å². The summed E-state index contributed by atoms with van der Waals surface area (Å²) in [5.74, 6) is 0.677. The first-order valence-electron chi connectivity index (χ1n) is 6.20. The molecule has 1 heterocycles. The second-order valence-corrected chi connectivity index (χ2v) is 5.32. The van der Waals surface area contributed by atoms with Gasteiger partial charge in [0.15, 0.2) is 0 Å². The highest BCUT2D eigenvalue weighted by atomic mass is 35.5. The molecule has 2 aromatic rings. The van der Waals surface area contributed by atoms with Crippen LogP contribution in [-0.2, 0) is 0 Å². The van der Waals surface area contributed by atoms with Gasteiger partial charge in [-0.15, -0.1) is 0 Å². The summed E-state index contributed by atoms with van der Waals surface area (Å²) in [5, 5.41) is 0.454. The lowest BCUT2D eigenvalue weighted by molar-refractivity contribution is 0.618. The van der Waals surface area contributed by atoms with E-state index in [2.05, 4.69) is 9.97 Å². The maximum Gasteiger partial charge on any atom is 0.136 e. The van der Waals surface area contributed by atoms with Crippen molar-refractivity contribution in [1.82, 2.24) is 9.97 Å². The molecule has 1 aromatic carbocycles. The third-order valence-electron chi connectivity index (χ3n) is 3.05. The Bertz CT molecular complexity index is 624. The molecule has 4 heteroatoms. The van der Waals surface area contributed by atoms with Gasteiger partial charge in [0.05, 0.1) is 5.69 Å². The monoisotopic (exact) mass is 278 g/mol. The molecule has 0 N–H and O–H groups in total. The SMILES string of the molecule is Cc1cc(-c2nc(C(C)C)nc(Cl)c2C)ccc1F. The summed E-state index contributed by atoms with van der Waals surface area (Å²) in [6, 6.07) is 4.96. The van der Waals surface area contributed by atoms with Crippen LogP contribution in [0.15, 0.2) is 18.2 Å². The van der Waals surface area contributed by atoms with Gasteiger partial charge < -0.3 is 0 Å². The zero-order valence-electron chi connectivity index (χ0n) is 11.5. The molecule has 0 spiro atoms. The summed E-state index contributed by atoms with van der Waals surface area (Å²) in [5.41, 5.74) is 3.05. The molecule has 1 aromatic heterocycles. The van der Waals surface area contributed by atoms with Gasteiger partial charge in [-0.25, -0.2) is 14.4 Å². The van der Waals surface area contributed by atoms with Gasteiger partial charge >= 0.3 is 0 Å². The van der Waals surface area contributed by atoms with Gasteiger partial charge in [-0.2, -0.15) is 0 Å². The Balaban J connectivity index is 2.63. The maximum atomic E-state index is 13.3. The molecule has 0 bridgehead atoms. The Kier molecular flexibility index (Phi) is 3.85. The van der Waals surface area contributed by atoms with E-state index in [1.54, 1.807) is 19.1 Å². The molecule has 19 heavy (non-hydrogen) atoms. The van der Waals surface area contributed by atoms with Crippen molar-refractivity contribution < 1.29 is 4.39 Å². The van der Waals surface area contributed by atoms with Crippen molar-refractivity contribution in [3.05, 3.63) is 46.1 Å². The number of aromatic nitrogens is 2. The van der Waals surface area contributed by atoms with Gasteiger partial charge in [0.25, 0.3) is 0 Å². The van der Waals surface area contributed by atoms with Gasteiger partial charge in [0, 0.05) is 17.0 Å². The van der Waals surface area contributed by atoms with E-state index in [4.69, 9.17) is 11.6 Å². The minimum absolute atomic E-state index is 0.193. The van der Waals surface area contributed by atoms with E-state index in [0.29, 0.717) is 16.5 Å². The molecule has 0 aliphatic heterocycles. The molecule has 100 valence electrons. The Morgan fingerprint density at radius 1 is 1.16 bits per heavy atom. The normalized spacial score (nSPS) is 11.1. The molecule has 0 aliphatic carbocycles. The zero-order chi connectivity index (χ0) is 14.2. The second kappa shape index (κ2) is 5.25. The van der Waals surface area contributed by atoms with Crippen LogP contribution in [0.5, 0.6) is 0 Å². The summed E-state index contributed by atoms with van der Waals surface area (Å²) in [6.45, 7) is 7.64. The second-order valence-electron chi connectivity index (χ2n) is 4.96. The molecular weight excluding hydrogens is 263 g/mol. The van der Waals surface area contributed by atoms with Gasteiger partial charge in [-0.05, 0) is 37.6 Å². The van der Waals surface area contributed by atoms with E-state index in [-0.39, 0.29) is 11.7 Å². The Hall–Kier alpha value is -1.48. The lowest BCUT2D eigenvalue weighted by Crippen LogP contribution is -2.02. The average Bonchev–Trinajstić information content (AvgIpc) is 2.35. The molecule has 0 radical (unpaired) electrons. The van der Waals surface area contributed by atoms with E-state index in [9.17, 15) is 4.39 Å². The van der Waals surface area contributed by atoms with E-state index >= 15 is 0 Å². The highest BCUT2D eigenvalue weighted by Gasteiger charge is 2.14. The molecule has 0 amide bonds. The number of benzene rings is 1. The van der Waals surface area contributed by atoms with Crippen LogP contribution < -0.4 is 0 Å². The molecule has 2 rings (SSSR count). The van der Waals surface area contributed by atoms with Crippen molar-refractivity contribution in [1.29, 1.82) is 0 Å². The average molecular weight is 279 g/mol. The molecule has 0 unspecified atom stereocenters. The molecular formula is C15H16ClFN2. The van der Waals surface area contributed by atoms with Gasteiger partial charge in [0.2, 0.25) is 0 Å². The summed E-state index contributed by atoms with van der Waals surface area (Å²) in [6.07, 6.45) is 0. The topological polar surface area (TPSA) is 25.8 Å². The van der Waals surface area contributed by atoms with Crippen molar-refractivity contribution in [2.75, 3.05) is 0 Å². The highest BCUT2D eigenvalue weighted by Crippen LogP contribution is 2.28. The standard InChI is InChI=1S/C15H16ClFN2/c1-8(2)15-18-13(10(4)14(16)19-15)11-5-6-12(17)9(3)7-11/h5-8H,1-4H3. The predicted molar refractivity (Wildman–Crippen MR) is 76.0 cm³/mol. The van der Waals surface area contributed by atoms with E-state index < -0.39 is 0 Å². The predicted octanol–water partition coefficient (Wildman–Crippen LogP) is 4.68. The van der Waals surface area contributed by atoms with Crippen LogP contribution in [0.2, 0.25) is 5.15 Å². The first kappa shape index (κ1) is 13.9. The smallest absolute Gasteiger partial charge is 0.136 e. The summed E-state index contributed by atoms with van der Waals surface area (Å²) in [7, 11) is 0. The third-order valence-corrected chi connectivity index (χ3v) is 3.42. The quantitative estimate of drug-likeness (QED) is 0.746. The fourth-order valence-corrected chi connectivity index (χ4v) is 2.01. The van der Waals surface area contributed by atoms with Crippen molar-refractivity contribution in [2.45, 2.75) is 33.6 Å². The summed E-state index contributed by atoms with van der Waals surface area (Å²) >= 11 is 6.16. The highest BCUT2D eigenvalue weighted by molar-refractivity contribution is 6.30. The number of nitrogens with zero attached hydrogens (tertiary/aromatic N) is 2. The molecule has 0 fully saturated rings. The minimum atomic E-state index is -0.217. The van der Waals surface area contributed by atoms with Crippen LogP contribution in [0, 0.1) is 19.7 Å². The first-order chi connectivity index (χ1) is 8.90. The number of aryl methyl sites for hydroxylation is 1. The van der Waals surface area contributed by atoms with Gasteiger partial charge in [0.1, 0.15) is 16.8 Å². The van der Waals surface area contributed by atoms with Crippen LogP contribution in [-0.4, -0.2) is 9.97 Å². The Morgan fingerprint density at radius 2 is 1.84 bits per heavy atom. The van der Waals surface area contributed by atoms with Crippen molar-refractivity contribution in [3.63, 3.8) is 0 Å². The molecule has 0 aliphatic rings. The minimum Gasteiger partial charge on any atom is -0.232 e. The molecule has 0 saturated heterocycles. The molecule has 2 nitrogen and oxygen atoms in total. The number of hydrogen-bond acceptors (Lipinski definition) is 2.